The van der Waals surface area contributed by atoms with Gasteiger partial charge in [0, 0.05) is 14.9 Å². The molecule has 0 saturated carbocycles. The predicted molar refractivity (Wildman–Crippen MR) is 82.4 cm³/mol. The molecule has 4 heteroatoms. The summed E-state index contributed by atoms with van der Waals surface area (Å²) in [5.41, 5.74) is 0.653. The van der Waals surface area contributed by atoms with Gasteiger partial charge in [-0.1, -0.05) is 12.1 Å². The summed E-state index contributed by atoms with van der Waals surface area (Å²) in [7, 11) is 0. The third-order valence-electron chi connectivity index (χ3n) is 2.48. The van der Waals surface area contributed by atoms with Crippen LogP contribution in [0.3, 0.4) is 0 Å². The fourth-order valence-corrected chi connectivity index (χ4v) is 3.54. The van der Waals surface area contributed by atoms with Crippen molar-refractivity contribution in [3.05, 3.63) is 50.1 Å². The molecule has 0 amide bonds. The first-order chi connectivity index (χ1) is 8.97. The van der Waals surface area contributed by atoms with E-state index in [1.807, 2.05) is 45.0 Å². The summed E-state index contributed by atoms with van der Waals surface area (Å²) in [6.07, 6.45) is 0.0982. The average molecular weight is 339 g/mol. The number of hydrogen-bond acceptors (Lipinski definition) is 3. The Morgan fingerprint density at radius 1 is 1.32 bits per heavy atom. The first-order valence-electron chi connectivity index (χ1n) is 6.04. The molecule has 1 heterocycles. The molecule has 0 N–H and O–H groups in total. The van der Waals surface area contributed by atoms with E-state index in [4.69, 9.17) is 4.74 Å². The van der Waals surface area contributed by atoms with E-state index in [-0.39, 0.29) is 11.9 Å². The molecule has 0 bridgehead atoms. The van der Waals surface area contributed by atoms with Crippen LogP contribution in [0.2, 0.25) is 0 Å². The number of aryl methyl sites for hydroxylation is 1. The van der Waals surface area contributed by atoms with Crippen molar-refractivity contribution in [3.63, 3.8) is 0 Å². The molecule has 0 radical (unpaired) electrons. The van der Waals surface area contributed by atoms with Crippen molar-refractivity contribution >= 4 is 33.0 Å². The Kier molecular flexibility index (Phi) is 4.42. The Balaban J connectivity index is 2.31. The molecule has 0 aliphatic carbocycles. The van der Waals surface area contributed by atoms with Gasteiger partial charge in [-0.2, -0.15) is 0 Å². The maximum Gasteiger partial charge on any atom is 0.204 e. The van der Waals surface area contributed by atoms with Crippen LogP contribution in [0, 0.1) is 6.92 Å². The monoisotopic (exact) mass is 338 g/mol. The summed E-state index contributed by atoms with van der Waals surface area (Å²) >= 11 is 4.93. The number of rotatable bonds is 4. The Labute approximate surface area is 125 Å². The molecule has 0 unspecified atom stereocenters. The zero-order chi connectivity index (χ0) is 14.0. The zero-order valence-corrected chi connectivity index (χ0v) is 13.5. The second kappa shape index (κ2) is 5.88. The quantitative estimate of drug-likeness (QED) is 0.745. The van der Waals surface area contributed by atoms with Crippen molar-refractivity contribution in [2.24, 2.45) is 0 Å². The van der Waals surface area contributed by atoms with E-state index in [2.05, 4.69) is 15.9 Å². The summed E-state index contributed by atoms with van der Waals surface area (Å²) in [6, 6.07) is 9.29. The summed E-state index contributed by atoms with van der Waals surface area (Å²) < 4.78 is 6.47. The number of carbonyl (C=O) groups excluding carboxylic acids is 1. The molecular weight excluding hydrogens is 324 g/mol. The molecule has 0 saturated heterocycles. The van der Waals surface area contributed by atoms with Gasteiger partial charge in [0.1, 0.15) is 5.75 Å². The zero-order valence-electron chi connectivity index (χ0n) is 11.1. The molecule has 19 heavy (non-hydrogen) atoms. The first-order valence-corrected chi connectivity index (χ1v) is 7.65. The van der Waals surface area contributed by atoms with Crippen molar-refractivity contribution in [2.75, 3.05) is 0 Å². The van der Waals surface area contributed by atoms with Crippen molar-refractivity contribution in [2.45, 2.75) is 26.9 Å². The van der Waals surface area contributed by atoms with Crippen LogP contribution < -0.4 is 4.74 Å². The molecule has 2 rings (SSSR count). The Hall–Kier alpha value is -1.13. The van der Waals surface area contributed by atoms with E-state index in [9.17, 15) is 4.79 Å². The third kappa shape index (κ3) is 3.45. The number of thiophene rings is 1. The fourth-order valence-electron chi connectivity index (χ4n) is 1.75. The van der Waals surface area contributed by atoms with Gasteiger partial charge in [0.25, 0.3) is 0 Å². The van der Waals surface area contributed by atoms with Gasteiger partial charge in [-0.15, -0.1) is 11.3 Å². The highest BCUT2D eigenvalue weighted by molar-refractivity contribution is 9.10. The van der Waals surface area contributed by atoms with Crippen LogP contribution in [0.1, 0.15) is 34.0 Å². The molecule has 0 aliphatic heterocycles. The van der Waals surface area contributed by atoms with Crippen molar-refractivity contribution in [1.82, 2.24) is 0 Å². The lowest BCUT2D eigenvalue weighted by atomic mass is 10.1. The van der Waals surface area contributed by atoms with Crippen molar-refractivity contribution in [1.29, 1.82) is 0 Å². The van der Waals surface area contributed by atoms with Gasteiger partial charge in [-0.3, -0.25) is 4.79 Å². The van der Waals surface area contributed by atoms with Gasteiger partial charge in [-0.25, -0.2) is 0 Å². The molecule has 2 nitrogen and oxygen atoms in total. The molecule has 1 aromatic carbocycles. The third-order valence-corrected chi connectivity index (χ3v) is 4.42. The van der Waals surface area contributed by atoms with E-state index < -0.39 is 0 Å². The molecule has 100 valence electrons. The molecule has 0 aliphatic rings. The van der Waals surface area contributed by atoms with Crippen molar-refractivity contribution < 1.29 is 9.53 Å². The predicted octanol–water partition coefficient (Wildman–Crippen LogP) is 4.84. The lowest BCUT2D eigenvalue weighted by Gasteiger charge is -2.10. The molecular formula is C15H15BrO2S. The lowest BCUT2D eigenvalue weighted by molar-refractivity contribution is 0.104. The normalized spacial score (nSPS) is 10.8. The van der Waals surface area contributed by atoms with Crippen LogP contribution in [0.5, 0.6) is 5.75 Å². The number of ketones is 1. The Morgan fingerprint density at radius 3 is 2.63 bits per heavy atom. The molecule has 0 atom stereocenters. The summed E-state index contributed by atoms with van der Waals surface area (Å²) in [5.74, 6) is 0.754. The van der Waals surface area contributed by atoms with E-state index in [0.717, 1.165) is 20.0 Å². The van der Waals surface area contributed by atoms with Crippen LogP contribution >= 0.6 is 27.3 Å². The second-order valence-corrected chi connectivity index (χ2v) is 6.67. The van der Waals surface area contributed by atoms with E-state index >= 15 is 0 Å². The van der Waals surface area contributed by atoms with Crippen LogP contribution in [0.15, 0.2) is 34.8 Å². The Bertz CT molecular complexity index is 602. The van der Waals surface area contributed by atoms with E-state index in [1.54, 1.807) is 6.07 Å². The highest BCUT2D eigenvalue weighted by Crippen LogP contribution is 2.29. The number of ether oxygens (including phenoxy) is 1. The van der Waals surface area contributed by atoms with Crippen molar-refractivity contribution in [3.8, 4) is 5.75 Å². The van der Waals surface area contributed by atoms with E-state index in [0.29, 0.717) is 5.56 Å². The van der Waals surface area contributed by atoms with Gasteiger partial charge in [-0.05, 0) is 54.9 Å². The van der Waals surface area contributed by atoms with Gasteiger partial charge in [0.2, 0.25) is 5.78 Å². The van der Waals surface area contributed by atoms with E-state index in [1.165, 1.54) is 11.3 Å². The van der Waals surface area contributed by atoms with Crippen LogP contribution in [0.25, 0.3) is 0 Å². The summed E-state index contributed by atoms with van der Waals surface area (Å²) in [4.78, 5) is 14.3. The molecule has 0 fully saturated rings. The van der Waals surface area contributed by atoms with Gasteiger partial charge in [0.15, 0.2) is 0 Å². The maximum absolute atomic E-state index is 12.4. The molecule has 1 aromatic heterocycles. The average Bonchev–Trinajstić information content (AvgIpc) is 2.67. The summed E-state index contributed by atoms with van der Waals surface area (Å²) in [6.45, 7) is 5.92. The standard InChI is InChI=1S/C15H15BrO2S/c1-9(2)18-12-6-4-5-11(8-12)14(17)15-13(16)7-10(3)19-15/h4-9H,1-3H3. The highest BCUT2D eigenvalue weighted by Gasteiger charge is 2.16. The van der Waals surface area contributed by atoms with Gasteiger partial charge < -0.3 is 4.74 Å². The minimum absolute atomic E-state index is 0.0270. The highest BCUT2D eigenvalue weighted by atomic mass is 79.9. The number of benzene rings is 1. The fraction of sp³-hybridized carbons (Fsp3) is 0.267. The van der Waals surface area contributed by atoms with Crippen LogP contribution in [-0.4, -0.2) is 11.9 Å². The van der Waals surface area contributed by atoms with Crippen LogP contribution in [0.4, 0.5) is 0 Å². The van der Waals surface area contributed by atoms with Gasteiger partial charge in [0.05, 0.1) is 11.0 Å². The smallest absolute Gasteiger partial charge is 0.204 e. The summed E-state index contributed by atoms with van der Waals surface area (Å²) in [5, 5.41) is 0. The maximum atomic E-state index is 12.4. The Morgan fingerprint density at radius 2 is 2.05 bits per heavy atom. The molecule has 2 aromatic rings. The lowest BCUT2D eigenvalue weighted by Crippen LogP contribution is -2.06. The topological polar surface area (TPSA) is 26.3 Å². The number of halogens is 1. The molecule has 0 spiro atoms. The van der Waals surface area contributed by atoms with Gasteiger partial charge >= 0.3 is 0 Å². The first kappa shape index (κ1) is 14.3. The minimum atomic E-state index is 0.0270. The largest absolute Gasteiger partial charge is 0.491 e. The van der Waals surface area contributed by atoms with Crippen LogP contribution in [-0.2, 0) is 0 Å². The second-order valence-electron chi connectivity index (χ2n) is 4.56. The number of hydrogen-bond donors (Lipinski definition) is 0. The minimum Gasteiger partial charge on any atom is -0.491 e. The number of carbonyl (C=O) groups is 1. The SMILES string of the molecule is Cc1cc(Br)c(C(=O)c2cccc(OC(C)C)c2)s1.